The van der Waals surface area contributed by atoms with E-state index in [-0.39, 0.29) is 29.6 Å². The first-order valence-corrected chi connectivity index (χ1v) is 11.8. The number of carbonyl (C=O) groups is 1. The molecule has 1 aliphatic heterocycles. The van der Waals surface area contributed by atoms with Gasteiger partial charge in [-0.25, -0.2) is 4.39 Å². The van der Waals surface area contributed by atoms with Crippen LogP contribution in [0.4, 0.5) is 10.1 Å². The first kappa shape index (κ1) is 22.5. The highest BCUT2D eigenvalue weighted by Crippen LogP contribution is 2.28. The zero-order valence-electron chi connectivity index (χ0n) is 18.3. The van der Waals surface area contributed by atoms with Crippen LogP contribution in [0, 0.1) is 5.82 Å². The van der Waals surface area contributed by atoms with Crippen LogP contribution in [0.1, 0.15) is 26.7 Å². The highest BCUT2D eigenvalue weighted by atomic mass is 32.2. The van der Waals surface area contributed by atoms with Gasteiger partial charge in [-0.15, -0.1) is 10.2 Å². The fraction of sp³-hybridized carbons (Fsp3) is 0.375. The van der Waals surface area contributed by atoms with Crippen LogP contribution in [-0.2, 0) is 16.1 Å². The molecule has 6 nitrogen and oxygen atoms in total. The molecule has 0 N–H and O–H groups in total. The van der Waals surface area contributed by atoms with Crippen molar-refractivity contribution >= 4 is 23.4 Å². The molecule has 1 fully saturated rings. The minimum Gasteiger partial charge on any atom is -0.376 e. The van der Waals surface area contributed by atoms with Gasteiger partial charge in [0.25, 0.3) is 0 Å². The second kappa shape index (κ2) is 10.3. The number of rotatable bonds is 8. The van der Waals surface area contributed by atoms with Gasteiger partial charge in [-0.2, -0.15) is 0 Å². The monoisotopic (exact) mass is 454 g/mol. The lowest BCUT2D eigenvalue weighted by atomic mass is 10.2. The highest BCUT2D eigenvalue weighted by molar-refractivity contribution is 7.99. The van der Waals surface area contributed by atoms with Gasteiger partial charge in [-0.1, -0.05) is 30.0 Å². The molecule has 0 spiro atoms. The van der Waals surface area contributed by atoms with Gasteiger partial charge in [0.15, 0.2) is 11.0 Å². The summed E-state index contributed by atoms with van der Waals surface area (Å²) in [5.41, 5.74) is 1.66. The Morgan fingerprint density at radius 1 is 1.19 bits per heavy atom. The van der Waals surface area contributed by atoms with Gasteiger partial charge in [0.05, 0.1) is 18.4 Å². The summed E-state index contributed by atoms with van der Waals surface area (Å²) in [4.78, 5) is 14.9. The summed E-state index contributed by atoms with van der Waals surface area (Å²) in [5.74, 6) is 0.597. The first-order chi connectivity index (χ1) is 15.5. The first-order valence-electron chi connectivity index (χ1n) is 10.8. The van der Waals surface area contributed by atoms with E-state index >= 15 is 0 Å². The smallest absolute Gasteiger partial charge is 0.237 e. The molecule has 0 aliphatic carbocycles. The van der Waals surface area contributed by atoms with E-state index in [4.69, 9.17) is 4.74 Å². The van der Waals surface area contributed by atoms with Crippen molar-refractivity contribution in [2.75, 3.05) is 17.3 Å². The van der Waals surface area contributed by atoms with Crippen LogP contribution >= 0.6 is 11.8 Å². The number of amides is 1. The Bertz CT molecular complexity index is 1030. The van der Waals surface area contributed by atoms with Crippen LogP contribution in [0.25, 0.3) is 11.4 Å². The minimum atomic E-state index is -0.297. The topological polar surface area (TPSA) is 60.2 Å². The van der Waals surface area contributed by atoms with E-state index in [1.54, 1.807) is 17.0 Å². The second-order valence-electron chi connectivity index (χ2n) is 8.04. The Morgan fingerprint density at radius 2 is 1.94 bits per heavy atom. The Kier molecular flexibility index (Phi) is 7.22. The van der Waals surface area contributed by atoms with Crippen molar-refractivity contribution in [2.45, 2.75) is 50.5 Å². The van der Waals surface area contributed by atoms with Crippen molar-refractivity contribution in [2.24, 2.45) is 0 Å². The number of nitrogens with zero attached hydrogens (tertiary/aromatic N) is 4. The summed E-state index contributed by atoms with van der Waals surface area (Å²) in [5, 5.41) is 9.38. The number of aromatic nitrogens is 3. The summed E-state index contributed by atoms with van der Waals surface area (Å²) in [6.07, 6.45) is 2.08. The van der Waals surface area contributed by atoms with Gasteiger partial charge in [-0.3, -0.25) is 9.36 Å². The molecule has 1 aromatic heterocycles. The maximum atomic E-state index is 13.4. The van der Waals surface area contributed by atoms with Crippen LogP contribution < -0.4 is 4.90 Å². The normalized spacial score (nSPS) is 15.9. The summed E-state index contributed by atoms with van der Waals surface area (Å²) < 4.78 is 21.2. The van der Waals surface area contributed by atoms with Crippen molar-refractivity contribution in [3.8, 4) is 11.4 Å². The number of benzene rings is 2. The highest BCUT2D eigenvalue weighted by Gasteiger charge is 2.24. The van der Waals surface area contributed by atoms with E-state index in [0.29, 0.717) is 17.5 Å². The van der Waals surface area contributed by atoms with E-state index in [9.17, 15) is 9.18 Å². The molecule has 0 radical (unpaired) electrons. The fourth-order valence-electron chi connectivity index (χ4n) is 3.88. The molecule has 0 bridgehead atoms. The molecule has 1 saturated heterocycles. The summed E-state index contributed by atoms with van der Waals surface area (Å²) in [6.45, 7) is 5.35. The Labute approximate surface area is 191 Å². The van der Waals surface area contributed by atoms with Crippen molar-refractivity contribution in [3.63, 3.8) is 0 Å². The van der Waals surface area contributed by atoms with Crippen LogP contribution in [0.3, 0.4) is 0 Å². The fourth-order valence-corrected chi connectivity index (χ4v) is 4.69. The molecule has 4 rings (SSSR count). The molecule has 1 atom stereocenters. The zero-order valence-corrected chi connectivity index (χ0v) is 19.1. The van der Waals surface area contributed by atoms with E-state index < -0.39 is 0 Å². The number of hydrogen-bond acceptors (Lipinski definition) is 5. The lowest BCUT2D eigenvalue weighted by molar-refractivity contribution is -0.116. The van der Waals surface area contributed by atoms with E-state index in [2.05, 4.69) is 10.2 Å². The molecule has 2 aromatic carbocycles. The van der Waals surface area contributed by atoms with Crippen LogP contribution in [0.2, 0.25) is 0 Å². The van der Waals surface area contributed by atoms with Crippen LogP contribution in [-0.4, -0.2) is 45.2 Å². The lowest BCUT2D eigenvalue weighted by Gasteiger charge is -2.26. The molecule has 8 heteroatoms. The maximum Gasteiger partial charge on any atom is 0.237 e. The Balaban J connectivity index is 1.55. The van der Waals surface area contributed by atoms with E-state index in [0.717, 1.165) is 30.7 Å². The third-order valence-corrected chi connectivity index (χ3v) is 6.33. The van der Waals surface area contributed by atoms with Crippen molar-refractivity contribution < 1.29 is 13.9 Å². The SMILES string of the molecule is CC(C)N(C(=O)CSc1nnc(-c2ccc(F)cc2)n1C[C@@H]1CCCO1)c1ccccc1. The van der Waals surface area contributed by atoms with E-state index in [1.807, 2.05) is 48.7 Å². The molecule has 168 valence electrons. The number of anilines is 1. The largest absolute Gasteiger partial charge is 0.376 e. The molecule has 2 heterocycles. The number of ether oxygens (including phenoxy) is 1. The summed E-state index contributed by atoms with van der Waals surface area (Å²) in [6, 6.07) is 15.9. The molecule has 1 amide bonds. The van der Waals surface area contributed by atoms with Gasteiger partial charge >= 0.3 is 0 Å². The van der Waals surface area contributed by atoms with Crippen molar-refractivity contribution in [1.82, 2.24) is 14.8 Å². The number of thioether (sulfide) groups is 1. The standard InChI is InChI=1S/C24H27FN4O2S/c1-17(2)29(20-7-4-3-5-8-20)22(30)16-32-24-27-26-23(18-10-12-19(25)13-11-18)28(24)15-21-9-6-14-31-21/h3-5,7-8,10-13,17,21H,6,9,14-16H2,1-2H3/t21-/m0/s1. The number of halogens is 1. The van der Waals surface area contributed by atoms with Gasteiger partial charge in [0.2, 0.25) is 5.91 Å². The molecule has 3 aromatic rings. The van der Waals surface area contributed by atoms with Gasteiger partial charge in [0, 0.05) is 23.9 Å². The maximum absolute atomic E-state index is 13.4. The third kappa shape index (κ3) is 5.19. The number of hydrogen-bond donors (Lipinski definition) is 0. The molecule has 0 unspecified atom stereocenters. The van der Waals surface area contributed by atoms with E-state index in [1.165, 1.54) is 23.9 Å². The Morgan fingerprint density at radius 3 is 2.59 bits per heavy atom. The predicted molar refractivity (Wildman–Crippen MR) is 124 cm³/mol. The number of carbonyl (C=O) groups excluding carboxylic acids is 1. The third-order valence-electron chi connectivity index (χ3n) is 5.37. The molecular weight excluding hydrogens is 427 g/mol. The average Bonchev–Trinajstić information content (AvgIpc) is 3.44. The zero-order chi connectivity index (χ0) is 22.5. The van der Waals surface area contributed by atoms with Crippen molar-refractivity contribution in [3.05, 3.63) is 60.4 Å². The van der Waals surface area contributed by atoms with Crippen LogP contribution in [0.15, 0.2) is 59.8 Å². The quantitative estimate of drug-likeness (QED) is 0.458. The number of para-hydroxylation sites is 1. The molecule has 0 saturated carbocycles. The minimum absolute atomic E-state index is 0.00574. The molecule has 1 aliphatic rings. The predicted octanol–water partition coefficient (Wildman–Crippen LogP) is 4.80. The van der Waals surface area contributed by atoms with Crippen LogP contribution in [0.5, 0.6) is 0 Å². The second-order valence-corrected chi connectivity index (χ2v) is 8.98. The lowest BCUT2D eigenvalue weighted by Crippen LogP contribution is -2.38. The molecule has 32 heavy (non-hydrogen) atoms. The summed E-state index contributed by atoms with van der Waals surface area (Å²) >= 11 is 1.37. The Hall–Kier alpha value is -2.71. The summed E-state index contributed by atoms with van der Waals surface area (Å²) in [7, 11) is 0. The molecular formula is C24H27FN4O2S. The van der Waals surface area contributed by atoms with Gasteiger partial charge < -0.3 is 9.64 Å². The van der Waals surface area contributed by atoms with Crippen molar-refractivity contribution in [1.29, 1.82) is 0 Å². The van der Waals surface area contributed by atoms with Gasteiger partial charge in [0.1, 0.15) is 5.82 Å². The average molecular weight is 455 g/mol. The van der Waals surface area contributed by atoms with Gasteiger partial charge in [-0.05, 0) is 63.1 Å².